The lowest BCUT2D eigenvalue weighted by molar-refractivity contribution is 0.0529. The quantitative estimate of drug-likeness (QED) is 0.663. The molecule has 0 aliphatic heterocycles. The van der Waals surface area contributed by atoms with Crippen molar-refractivity contribution >= 4 is 17.7 Å². The van der Waals surface area contributed by atoms with Crippen LogP contribution in [0, 0.1) is 18.8 Å². The van der Waals surface area contributed by atoms with Crippen LogP contribution >= 0.6 is 11.6 Å². The largest absolute Gasteiger partial charge is 0.444 e. The summed E-state index contributed by atoms with van der Waals surface area (Å²) in [6.07, 6.45) is 0.122. The fourth-order valence-corrected chi connectivity index (χ4v) is 1.60. The monoisotopic (exact) mass is 293 g/mol. The first kappa shape index (κ1) is 16.4. The van der Waals surface area contributed by atoms with Crippen LogP contribution in [0.1, 0.15) is 38.3 Å². The highest BCUT2D eigenvalue weighted by Gasteiger charge is 2.15. The molecule has 0 unspecified atom stereocenters. The molecule has 0 radical (unpaired) electrons. The summed E-state index contributed by atoms with van der Waals surface area (Å²) in [5.74, 6) is 5.98. The van der Waals surface area contributed by atoms with Crippen molar-refractivity contribution in [3.05, 3.63) is 34.3 Å². The lowest BCUT2D eigenvalue weighted by Gasteiger charge is -2.19. The standard InChI is InChI=1S/C16H20ClNO2/c1-12-8-9-14(17)13(11-12)7-5-6-10-18-15(19)20-16(2,3)4/h8-9,11H,6,10H2,1-4H3,(H,18,19). The number of nitrogens with one attached hydrogen (secondary N) is 1. The first-order chi connectivity index (χ1) is 9.28. The minimum atomic E-state index is -0.481. The average molecular weight is 294 g/mol. The third-order valence-electron chi connectivity index (χ3n) is 2.26. The molecule has 0 spiro atoms. The molecule has 0 aromatic heterocycles. The van der Waals surface area contributed by atoms with Gasteiger partial charge in [-0.05, 0) is 45.4 Å². The van der Waals surface area contributed by atoms with Crippen molar-refractivity contribution in [2.24, 2.45) is 0 Å². The Hall–Kier alpha value is -1.66. The van der Waals surface area contributed by atoms with Gasteiger partial charge in [0, 0.05) is 18.5 Å². The number of rotatable bonds is 2. The predicted molar refractivity (Wildman–Crippen MR) is 81.9 cm³/mol. The summed E-state index contributed by atoms with van der Waals surface area (Å²) in [5.41, 5.74) is 1.44. The van der Waals surface area contributed by atoms with Crippen molar-refractivity contribution < 1.29 is 9.53 Å². The molecular formula is C16H20ClNO2. The topological polar surface area (TPSA) is 38.3 Å². The predicted octanol–water partition coefficient (Wildman–Crippen LogP) is 3.91. The number of hydrogen-bond acceptors (Lipinski definition) is 2. The van der Waals surface area contributed by atoms with E-state index in [9.17, 15) is 4.79 Å². The summed E-state index contributed by atoms with van der Waals surface area (Å²) in [6.45, 7) is 7.92. The maximum atomic E-state index is 11.4. The Bertz CT molecular complexity index is 536. The highest BCUT2D eigenvalue weighted by molar-refractivity contribution is 6.31. The molecule has 108 valence electrons. The Morgan fingerprint density at radius 3 is 2.75 bits per heavy atom. The van der Waals surface area contributed by atoms with Crippen LogP contribution in [0.3, 0.4) is 0 Å². The van der Waals surface area contributed by atoms with E-state index >= 15 is 0 Å². The number of alkyl carbamates (subject to hydrolysis) is 1. The van der Waals surface area contributed by atoms with Crippen LogP contribution in [0.4, 0.5) is 4.79 Å². The van der Waals surface area contributed by atoms with E-state index in [-0.39, 0.29) is 0 Å². The SMILES string of the molecule is Cc1ccc(Cl)c(C#CCCNC(=O)OC(C)(C)C)c1. The fourth-order valence-electron chi connectivity index (χ4n) is 1.43. The lowest BCUT2D eigenvalue weighted by atomic mass is 10.1. The molecule has 3 nitrogen and oxygen atoms in total. The van der Waals surface area contributed by atoms with E-state index in [2.05, 4.69) is 17.2 Å². The van der Waals surface area contributed by atoms with Gasteiger partial charge in [-0.15, -0.1) is 0 Å². The van der Waals surface area contributed by atoms with Crippen LogP contribution in [-0.2, 0) is 4.74 Å². The smallest absolute Gasteiger partial charge is 0.407 e. The third kappa shape index (κ3) is 6.49. The van der Waals surface area contributed by atoms with Crippen molar-refractivity contribution in [2.45, 2.75) is 39.7 Å². The van der Waals surface area contributed by atoms with Gasteiger partial charge in [0.05, 0.1) is 5.02 Å². The zero-order valence-corrected chi connectivity index (χ0v) is 13.1. The van der Waals surface area contributed by atoms with E-state index in [1.54, 1.807) is 0 Å². The van der Waals surface area contributed by atoms with E-state index in [4.69, 9.17) is 16.3 Å². The molecule has 0 aliphatic rings. The molecule has 0 atom stereocenters. The van der Waals surface area contributed by atoms with Crippen LogP contribution in [0.25, 0.3) is 0 Å². The molecule has 1 aromatic rings. The van der Waals surface area contributed by atoms with Gasteiger partial charge in [-0.1, -0.05) is 29.5 Å². The second-order valence-electron chi connectivity index (χ2n) is 5.46. The van der Waals surface area contributed by atoms with Crippen LogP contribution in [0.5, 0.6) is 0 Å². The van der Waals surface area contributed by atoms with Gasteiger partial charge in [-0.3, -0.25) is 0 Å². The second kappa shape index (κ2) is 7.21. The third-order valence-corrected chi connectivity index (χ3v) is 2.59. The molecule has 0 saturated heterocycles. The number of halogens is 1. The zero-order valence-electron chi connectivity index (χ0n) is 12.3. The van der Waals surface area contributed by atoms with Crippen molar-refractivity contribution in [1.82, 2.24) is 5.32 Å². The van der Waals surface area contributed by atoms with E-state index in [1.165, 1.54) is 0 Å². The number of ether oxygens (including phenoxy) is 1. The van der Waals surface area contributed by atoms with Crippen LogP contribution < -0.4 is 5.32 Å². The number of amides is 1. The van der Waals surface area contributed by atoms with Crippen molar-refractivity contribution in [2.75, 3.05) is 6.54 Å². The molecule has 4 heteroatoms. The summed E-state index contributed by atoms with van der Waals surface area (Å²) in [6, 6.07) is 5.72. The minimum absolute atomic E-state index is 0.423. The van der Waals surface area contributed by atoms with Gasteiger partial charge in [0.2, 0.25) is 0 Å². The van der Waals surface area contributed by atoms with Crippen LogP contribution in [-0.4, -0.2) is 18.2 Å². The Kier molecular flexibility index (Phi) is 5.91. The Balaban J connectivity index is 2.40. The summed E-state index contributed by atoms with van der Waals surface area (Å²) in [4.78, 5) is 11.4. The summed E-state index contributed by atoms with van der Waals surface area (Å²) in [7, 11) is 0. The van der Waals surface area contributed by atoms with Crippen molar-refractivity contribution in [3.63, 3.8) is 0 Å². The van der Waals surface area contributed by atoms with E-state index in [0.717, 1.165) is 11.1 Å². The van der Waals surface area contributed by atoms with Gasteiger partial charge in [-0.2, -0.15) is 0 Å². The van der Waals surface area contributed by atoms with Gasteiger partial charge in [-0.25, -0.2) is 4.79 Å². The lowest BCUT2D eigenvalue weighted by Crippen LogP contribution is -2.32. The minimum Gasteiger partial charge on any atom is -0.444 e. The van der Waals surface area contributed by atoms with Gasteiger partial charge in [0.25, 0.3) is 0 Å². The molecular weight excluding hydrogens is 274 g/mol. The van der Waals surface area contributed by atoms with E-state index in [0.29, 0.717) is 18.0 Å². The van der Waals surface area contributed by atoms with Gasteiger partial charge in [0.1, 0.15) is 5.60 Å². The highest BCUT2D eigenvalue weighted by Crippen LogP contribution is 2.15. The molecule has 1 aromatic carbocycles. The van der Waals surface area contributed by atoms with E-state index in [1.807, 2.05) is 45.9 Å². The molecule has 0 fully saturated rings. The van der Waals surface area contributed by atoms with Gasteiger partial charge >= 0.3 is 6.09 Å². The molecule has 1 amide bonds. The van der Waals surface area contributed by atoms with Crippen molar-refractivity contribution in [1.29, 1.82) is 0 Å². The molecule has 0 saturated carbocycles. The van der Waals surface area contributed by atoms with E-state index < -0.39 is 11.7 Å². The number of aryl methyl sites for hydroxylation is 1. The number of hydrogen-bond donors (Lipinski definition) is 1. The first-order valence-electron chi connectivity index (χ1n) is 6.50. The Morgan fingerprint density at radius 1 is 1.40 bits per heavy atom. The molecule has 0 bridgehead atoms. The fraction of sp³-hybridized carbons (Fsp3) is 0.438. The maximum absolute atomic E-state index is 11.4. The molecule has 20 heavy (non-hydrogen) atoms. The normalized spacial score (nSPS) is 10.4. The van der Waals surface area contributed by atoms with Gasteiger partial charge < -0.3 is 10.1 Å². The first-order valence-corrected chi connectivity index (χ1v) is 6.87. The zero-order chi connectivity index (χ0) is 15.2. The molecule has 1 N–H and O–H groups in total. The van der Waals surface area contributed by atoms with Gasteiger partial charge in [0.15, 0.2) is 0 Å². The van der Waals surface area contributed by atoms with Crippen molar-refractivity contribution in [3.8, 4) is 11.8 Å². The molecule has 1 rings (SSSR count). The molecule has 0 heterocycles. The Morgan fingerprint density at radius 2 is 2.10 bits per heavy atom. The average Bonchev–Trinajstić information content (AvgIpc) is 2.30. The summed E-state index contributed by atoms with van der Waals surface area (Å²) in [5, 5.41) is 3.30. The number of benzene rings is 1. The summed E-state index contributed by atoms with van der Waals surface area (Å²) < 4.78 is 5.12. The highest BCUT2D eigenvalue weighted by atomic mass is 35.5. The van der Waals surface area contributed by atoms with Crippen LogP contribution in [0.2, 0.25) is 5.02 Å². The number of carbonyl (C=O) groups is 1. The second-order valence-corrected chi connectivity index (χ2v) is 5.87. The Labute approximate surface area is 125 Å². The maximum Gasteiger partial charge on any atom is 0.407 e. The summed E-state index contributed by atoms with van der Waals surface area (Å²) >= 11 is 6.04. The molecule has 0 aliphatic carbocycles. The van der Waals surface area contributed by atoms with Crippen LogP contribution in [0.15, 0.2) is 18.2 Å². The number of carbonyl (C=O) groups excluding carboxylic acids is 1.